The number of rotatable bonds is 4. The second-order valence-corrected chi connectivity index (χ2v) is 9.47. The Labute approximate surface area is 177 Å². The summed E-state index contributed by atoms with van der Waals surface area (Å²) in [6.45, 7) is 4.29. The highest BCUT2D eigenvalue weighted by Gasteiger charge is 2.17. The molecule has 0 amide bonds. The Balaban J connectivity index is 0.000000343. The molecule has 2 aliphatic rings. The lowest BCUT2D eigenvalue weighted by molar-refractivity contribution is 0.278. The zero-order chi connectivity index (χ0) is 20.5. The van der Waals surface area contributed by atoms with Gasteiger partial charge in [0.05, 0.1) is 0 Å². The van der Waals surface area contributed by atoms with Crippen LogP contribution in [0.4, 0.5) is 4.39 Å². The van der Waals surface area contributed by atoms with Crippen LogP contribution in [0.25, 0.3) is 11.1 Å². The first-order chi connectivity index (χ1) is 14.1. The highest BCUT2D eigenvalue weighted by molar-refractivity contribution is 5.64. The SMILES string of the molecule is C1CCCCC1.Cc1ccc(-c2ccc(CCC3CCC(C)CC3)cc2)c(F)c1. The first-order valence-corrected chi connectivity index (χ1v) is 12.0. The monoisotopic (exact) mass is 394 g/mol. The summed E-state index contributed by atoms with van der Waals surface area (Å²) >= 11 is 0. The van der Waals surface area contributed by atoms with E-state index in [1.165, 1.54) is 76.2 Å². The minimum atomic E-state index is -0.130. The third kappa shape index (κ3) is 7.28. The summed E-state index contributed by atoms with van der Waals surface area (Å²) in [5.74, 6) is 1.70. The molecule has 4 rings (SSSR count). The van der Waals surface area contributed by atoms with E-state index >= 15 is 0 Å². The molecule has 0 spiro atoms. The van der Waals surface area contributed by atoms with Crippen LogP contribution in [0.2, 0.25) is 0 Å². The van der Waals surface area contributed by atoms with Gasteiger partial charge in [0.1, 0.15) is 5.82 Å². The third-order valence-corrected chi connectivity index (χ3v) is 6.87. The fourth-order valence-electron chi connectivity index (χ4n) is 4.75. The van der Waals surface area contributed by atoms with Crippen molar-refractivity contribution in [2.24, 2.45) is 11.8 Å². The molecule has 0 radical (unpaired) electrons. The minimum absolute atomic E-state index is 0.130. The van der Waals surface area contributed by atoms with Gasteiger partial charge in [0.15, 0.2) is 0 Å². The molecular weight excluding hydrogens is 355 g/mol. The molecule has 2 aromatic rings. The van der Waals surface area contributed by atoms with Gasteiger partial charge in [0.25, 0.3) is 0 Å². The molecule has 2 fully saturated rings. The summed E-state index contributed by atoms with van der Waals surface area (Å²) in [6.07, 6.45) is 17.0. The summed E-state index contributed by atoms with van der Waals surface area (Å²) in [5, 5.41) is 0. The van der Waals surface area contributed by atoms with Crippen LogP contribution in [-0.4, -0.2) is 0 Å². The van der Waals surface area contributed by atoms with Crippen molar-refractivity contribution in [2.45, 2.75) is 90.9 Å². The Kier molecular flexibility index (Phi) is 8.77. The fraction of sp³-hybridized carbons (Fsp3) is 0.571. The predicted molar refractivity (Wildman–Crippen MR) is 124 cm³/mol. The Bertz CT molecular complexity index is 707. The molecule has 0 saturated heterocycles. The van der Waals surface area contributed by atoms with E-state index in [1.807, 2.05) is 19.1 Å². The van der Waals surface area contributed by atoms with Crippen LogP contribution in [0, 0.1) is 24.6 Å². The van der Waals surface area contributed by atoms with Crippen LogP contribution in [0.5, 0.6) is 0 Å². The molecule has 1 heteroatoms. The van der Waals surface area contributed by atoms with Gasteiger partial charge < -0.3 is 0 Å². The van der Waals surface area contributed by atoms with E-state index in [1.54, 1.807) is 6.07 Å². The Morgan fingerprint density at radius 2 is 1.38 bits per heavy atom. The average Bonchev–Trinajstić information content (AvgIpc) is 2.76. The molecule has 0 unspecified atom stereocenters. The van der Waals surface area contributed by atoms with Crippen LogP contribution in [-0.2, 0) is 6.42 Å². The maximum atomic E-state index is 14.1. The maximum absolute atomic E-state index is 14.1. The van der Waals surface area contributed by atoms with Crippen molar-refractivity contribution in [3.05, 3.63) is 59.4 Å². The zero-order valence-corrected chi connectivity index (χ0v) is 18.6. The molecule has 158 valence electrons. The lowest BCUT2D eigenvalue weighted by Crippen LogP contribution is -2.12. The molecule has 2 aliphatic carbocycles. The third-order valence-electron chi connectivity index (χ3n) is 6.87. The molecule has 0 atom stereocenters. The van der Waals surface area contributed by atoms with Crippen LogP contribution in [0.1, 0.15) is 88.7 Å². The van der Waals surface area contributed by atoms with Gasteiger partial charge in [-0.3, -0.25) is 0 Å². The average molecular weight is 395 g/mol. The van der Waals surface area contributed by atoms with Gasteiger partial charge in [-0.05, 0) is 54.4 Å². The molecule has 0 N–H and O–H groups in total. The van der Waals surface area contributed by atoms with E-state index in [2.05, 4.69) is 31.2 Å². The van der Waals surface area contributed by atoms with Gasteiger partial charge in [-0.1, -0.05) is 108 Å². The molecular formula is C28H39F. The van der Waals surface area contributed by atoms with E-state index in [0.29, 0.717) is 5.56 Å². The van der Waals surface area contributed by atoms with Gasteiger partial charge in [-0.15, -0.1) is 0 Å². The summed E-state index contributed by atoms with van der Waals surface area (Å²) < 4.78 is 14.1. The van der Waals surface area contributed by atoms with Gasteiger partial charge in [-0.25, -0.2) is 4.39 Å². The van der Waals surface area contributed by atoms with E-state index in [0.717, 1.165) is 29.4 Å². The normalized spacial score (nSPS) is 21.9. The summed E-state index contributed by atoms with van der Waals surface area (Å²) in [7, 11) is 0. The van der Waals surface area contributed by atoms with E-state index in [-0.39, 0.29) is 5.82 Å². The van der Waals surface area contributed by atoms with Crippen LogP contribution in [0.15, 0.2) is 42.5 Å². The van der Waals surface area contributed by atoms with E-state index in [9.17, 15) is 4.39 Å². The van der Waals surface area contributed by atoms with Crippen LogP contribution in [0.3, 0.4) is 0 Å². The lowest BCUT2D eigenvalue weighted by Gasteiger charge is -2.26. The predicted octanol–water partition coefficient (Wildman–Crippen LogP) is 8.90. The molecule has 0 nitrogen and oxygen atoms in total. The largest absolute Gasteiger partial charge is 0.206 e. The number of hydrogen-bond acceptors (Lipinski definition) is 0. The van der Waals surface area contributed by atoms with Crippen molar-refractivity contribution in [1.82, 2.24) is 0 Å². The molecule has 0 aliphatic heterocycles. The highest BCUT2D eigenvalue weighted by atomic mass is 19.1. The summed E-state index contributed by atoms with van der Waals surface area (Å²) in [5.41, 5.74) is 4.01. The van der Waals surface area contributed by atoms with E-state index < -0.39 is 0 Å². The van der Waals surface area contributed by atoms with Crippen LogP contribution >= 0.6 is 0 Å². The fourth-order valence-corrected chi connectivity index (χ4v) is 4.75. The summed E-state index contributed by atoms with van der Waals surface area (Å²) in [4.78, 5) is 0. The second-order valence-electron chi connectivity index (χ2n) is 9.47. The number of benzene rings is 2. The Hall–Kier alpha value is -1.63. The molecule has 0 bridgehead atoms. The number of aryl methyl sites for hydroxylation is 2. The quantitative estimate of drug-likeness (QED) is 0.485. The van der Waals surface area contributed by atoms with Gasteiger partial charge >= 0.3 is 0 Å². The van der Waals surface area contributed by atoms with Crippen molar-refractivity contribution in [3.8, 4) is 11.1 Å². The molecule has 2 aromatic carbocycles. The Morgan fingerprint density at radius 1 is 0.793 bits per heavy atom. The van der Waals surface area contributed by atoms with Crippen LogP contribution < -0.4 is 0 Å². The summed E-state index contributed by atoms with van der Waals surface area (Å²) in [6, 6.07) is 13.9. The van der Waals surface area contributed by atoms with Crippen molar-refractivity contribution in [3.63, 3.8) is 0 Å². The molecule has 0 aromatic heterocycles. The second kappa shape index (κ2) is 11.5. The standard InChI is InChI=1S/C22H27F.C6H12/c1-16-3-6-18(7-4-16)8-9-19-10-12-20(13-11-19)21-14-5-17(2)15-22(21)23;1-2-4-6-5-3-1/h5,10-16,18H,3-4,6-9H2,1-2H3;1-6H2. The zero-order valence-electron chi connectivity index (χ0n) is 18.6. The maximum Gasteiger partial charge on any atom is 0.131 e. The highest BCUT2D eigenvalue weighted by Crippen LogP contribution is 2.31. The van der Waals surface area contributed by atoms with Gasteiger partial charge in [0.2, 0.25) is 0 Å². The number of hydrogen-bond donors (Lipinski definition) is 0. The lowest BCUT2D eigenvalue weighted by atomic mass is 9.80. The molecule has 2 saturated carbocycles. The van der Waals surface area contributed by atoms with Gasteiger partial charge in [0, 0.05) is 5.56 Å². The van der Waals surface area contributed by atoms with Crippen molar-refractivity contribution in [2.75, 3.05) is 0 Å². The topological polar surface area (TPSA) is 0 Å². The number of halogens is 1. The molecule has 29 heavy (non-hydrogen) atoms. The molecule has 0 heterocycles. The minimum Gasteiger partial charge on any atom is -0.206 e. The Morgan fingerprint density at radius 3 is 1.93 bits per heavy atom. The smallest absolute Gasteiger partial charge is 0.131 e. The van der Waals surface area contributed by atoms with Crippen molar-refractivity contribution < 1.29 is 4.39 Å². The van der Waals surface area contributed by atoms with Crippen molar-refractivity contribution in [1.29, 1.82) is 0 Å². The first kappa shape index (κ1) is 22.1. The van der Waals surface area contributed by atoms with E-state index in [4.69, 9.17) is 0 Å². The van der Waals surface area contributed by atoms with Crippen molar-refractivity contribution >= 4 is 0 Å². The first-order valence-electron chi connectivity index (χ1n) is 12.0. The van der Waals surface area contributed by atoms with Gasteiger partial charge in [-0.2, -0.15) is 0 Å².